The van der Waals surface area contributed by atoms with Gasteiger partial charge in [0.15, 0.2) is 17.2 Å². The molecule has 0 saturated heterocycles. The number of rotatable bonds is 3. The van der Waals surface area contributed by atoms with E-state index in [-0.39, 0.29) is 5.69 Å². The maximum absolute atomic E-state index is 11.7. The maximum atomic E-state index is 11.7. The lowest BCUT2D eigenvalue weighted by Crippen LogP contribution is -2.23. The Morgan fingerprint density at radius 1 is 1.22 bits per heavy atom. The van der Waals surface area contributed by atoms with Crippen LogP contribution < -0.4 is 15.0 Å². The Hall–Kier alpha value is -2.37. The smallest absolute Gasteiger partial charge is 0.280 e. The highest BCUT2D eigenvalue weighted by atomic mass is 16.5. The summed E-state index contributed by atoms with van der Waals surface area (Å²) < 4.78 is 11.6. The zero-order valence-corrected chi connectivity index (χ0v) is 10.2. The molecule has 2 aromatic rings. The largest absolute Gasteiger partial charge is 0.493 e. The van der Waals surface area contributed by atoms with Crippen LogP contribution in [0.1, 0.15) is 5.69 Å². The average Bonchev–Trinajstić information content (AvgIpc) is 2.41. The molecule has 0 amide bonds. The predicted molar refractivity (Wildman–Crippen MR) is 64.9 cm³/mol. The van der Waals surface area contributed by atoms with E-state index in [0.717, 1.165) is 0 Å². The summed E-state index contributed by atoms with van der Waals surface area (Å²) in [5.74, 6) is 0.970. The second kappa shape index (κ2) is 4.48. The Balaban J connectivity index is 2.89. The van der Waals surface area contributed by atoms with Gasteiger partial charge in [-0.1, -0.05) is 0 Å². The molecule has 0 aliphatic rings. The molecule has 93 valence electrons. The van der Waals surface area contributed by atoms with Gasteiger partial charge in [0, 0.05) is 19.2 Å². The molecule has 0 atom stereocenters. The van der Waals surface area contributed by atoms with Gasteiger partial charge >= 0.3 is 0 Å². The van der Waals surface area contributed by atoms with E-state index >= 15 is 0 Å². The average molecular weight is 247 g/mol. The van der Waals surface area contributed by atoms with E-state index in [0.29, 0.717) is 22.5 Å². The summed E-state index contributed by atoms with van der Waals surface area (Å²) in [5.41, 5.74) is 0.270. The van der Waals surface area contributed by atoms with Crippen LogP contribution in [0.15, 0.2) is 16.9 Å². The van der Waals surface area contributed by atoms with E-state index in [1.165, 1.54) is 25.1 Å². The fourth-order valence-electron chi connectivity index (χ4n) is 1.72. The molecule has 0 unspecified atom stereocenters. The Kier molecular flexibility index (Phi) is 3.01. The van der Waals surface area contributed by atoms with Gasteiger partial charge in [-0.15, -0.1) is 0 Å². The number of aryl methyl sites for hydroxylation is 1. The molecule has 0 saturated carbocycles. The molecule has 0 spiro atoms. The highest BCUT2D eigenvalue weighted by Gasteiger charge is 2.12. The number of nitrogens with zero attached hydrogens (tertiary/aromatic N) is 2. The first-order valence-electron chi connectivity index (χ1n) is 5.13. The summed E-state index contributed by atoms with van der Waals surface area (Å²) >= 11 is 0. The quantitative estimate of drug-likeness (QED) is 0.785. The van der Waals surface area contributed by atoms with E-state index < -0.39 is 5.56 Å². The van der Waals surface area contributed by atoms with Gasteiger partial charge in [0.1, 0.15) is 0 Å². The molecule has 18 heavy (non-hydrogen) atoms. The zero-order valence-electron chi connectivity index (χ0n) is 10.2. The SMILES string of the molecule is COc1cc2nc([C]=O)c(=O)n(C)c2cc1OC. The van der Waals surface area contributed by atoms with E-state index in [9.17, 15) is 9.59 Å². The third-order valence-corrected chi connectivity index (χ3v) is 2.68. The lowest BCUT2D eigenvalue weighted by atomic mass is 10.2. The first kappa shape index (κ1) is 12.1. The third kappa shape index (κ3) is 1.71. The van der Waals surface area contributed by atoms with Crippen molar-refractivity contribution < 1.29 is 14.3 Å². The van der Waals surface area contributed by atoms with E-state index in [1.807, 2.05) is 0 Å². The lowest BCUT2D eigenvalue weighted by molar-refractivity contribution is 0.355. The molecule has 6 nitrogen and oxygen atoms in total. The number of ether oxygens (including phenoxy) is 2. The van der Waals surface area contributed by atoms with Gasteiger partial charge in [-0.05, 0) is 0 Å². The van der Waals surface area contributed by atoms with Crippen LogP contribution in [-0.4, -0.2) is 30.1 Å². The van der Waals surface area contributed by atoms with Crippen LogP contribution in [0.3, 0.4) is 0 Å². The van der Waals surface area contributed by atoms with Crippen molar-refractivity contribution >= 4 is 17.3 Å². The van der Waals surface area contributed by atoms with Gasteiger partial charge in [0.05, 0.1) is 25.3 Å². The fraction of sp³-hybridized carbons (Fsp3) is 0.250. The summed E-state index contributed by atoms with van der Waals surface area (Å²) in [5, 5.41) is 0. The first-order chi connectivity index (χ1) is 8.62. The molecule has 0 aliphatic carbocycles. The summed E-state index contributed by atoms with van der Waals surface area (Å²) in [6, 6.07) is 3.24. The first-order valence-corrected chi connectivity index (χ1v) is 5.13. The maximum Gasteiger partial charge on any atom is 0.280 e. The number of hydrogen-bond acceptors (Lipinski definition) is 5. The van der Waals surface area contributed by atoms with Gasteiger partial charge in [-0.3, -0.25) is 9.59 Å². The van der Waals surface area contributed by atoms with Crippen LogP contribution in [0.25, 0.3) is 11.0 Å². The monoisotopic (exact) mass is 247 g/mol. The number of aromatic nitrogens is 2. The Morgan fingerprint density at radius 2 is 1.83 bits per heavy atom. The molecule has 0 aliphatic heterocycles. The Bertz CT molecular complexity index is 676. The second-order valence-corrected chi connectivity index (χ2v) is 3.62. The van der Waals surface area contributed by atoms with Crippen molar-refractivity contribution in [1.82, 2.24) is 9.55 Å². The van der Waals surface area contributed by atoms with Crippen molar-refractivity contribution in [3.05, 3.63) is 28.2 Å². The lowest BCUT2D eigenvalue weighted by Gasteiger charge is -2.11. The van der Waals surface area contributed by atoms with E-state index in [2.05, 4.69) is 4.98 Å². The Labute approximate surface area is 103 Å². The van der Waals surface area contributed by atoms with Crippen LogP contribution in [-0.2, 0) is 11.8 Å². The van der Waals surface area contributed by atoms with Crippen LogP contribution in [0.2, 0.25) is 0 Å². The van der Waals surface area contributed by atoms with Crippen LogP contribution >= 0.6 is 0 Å². The van der Waals surface area contributed by atoms with Crippen molar-refractivity contribution in [2.45, 2.75) is 0 Å². The third-order valence-electron chi connectivity index (χ3n) is 2.68. The number of fused-ring (bicyclic) bond motifs is 1. The minimum atomic E-state index is -0.496. The summed E-state index contributed by atoms with van der Waals surface area (Å²) in [7, 11) is 4.56. The number of carbonyl (C=O) groups excluding carboxylic acids is 1. The van der Waals surface area contributed by atoms with Crippen LogP contribution in [0.4, 0.5) is 0 Å². The Morgan fingerprint density at radius 3 is 2.39 bits per heavy atom. The van der Waals surface area contributed by atoms with Gasteiger partial charge in [-0.25, -0.2) is 4.98 Å². The van der Waals surface area contributed by atoms with Crippen LogP contribution in [0, 0.1) is 0 Å². The number of methoxy groups -OCH3 is 2. The molecule has 1 radical (unpaired) electrons. The van der Waals surface area contributed by atoms with Crippen molar-refractivity contribution in [2.75, 3.05) is 14.2 Å². The summed E-state index contributed by atoms with van der Waals surface area (Å²) in [6.07, 6.45) is 1.53. The molecular formula is C12H11N2O4. The summed E-state index contributed by atoms with van der Waals surface area (Å²) in [4.78, 5) is 26.3. The molecule has 0 N–H and O–H groups in total. The van der Waals surface area contributed by atoms with Crippen molar-refractivity contribution in [2.24, 2.45) is 7.05 Å². The molecular weight excluding hydrogens is 236 g/mol. The highest BCUT2D eigenvalue weighted by molar-refractivity contribution is 5.83. The molecule has 6 heteroatoms. The second-order valence-electron chi connectivity index (χ2n) is 3.62. The molecule has 1 aromatic carbocycles. The van der Waals surface area contributed by atoms with E-state index in [4.69, 9.17) is 9.47 Å². The van der Waals surface area contributed by atoms with Gasteiger partial charge in [0.2, 0.25) is 0 Å². The van der Waals surface area contributed by atoms with Gasteiger partial charge in [-0.2, -0.15) is 0 Å². The predicted octanol–water partition coefficient (Wildman–Crippen LogP) is 0.408. The highest BCUT2D eigenvalue weighted by Crippen LogP contribution is 2.30. The molecule has 1 aromatic heterocycles. The minimum absolute atomic E-state index is 0.253. The summed E-state index contributed by atoms with van der Waals surface area (Å²) in [6.45, 7) is 0. The van der Waals surface area contributed by atoms with Gasteiger partial charge < -0.3 is 14.0 Å². The fourth-order valence-corrected chi connectivity index (χ4v) is 1.72. The molecule has 2 rings (SSSR count). The molecule has 1 heterocycles. The topological polar surface area (TPSA) is 70.4 Å². The minimum Gasteiger partial charge on any atom is -0.493 e. The normalized spacial score (nSPS) is 10.4. The van der Waals surface area contributed by atoms with Crippen molar-refractivity contribution in [3.63, 3.8) is 0 Å². The van der Waals surface area contributed by atoms with Crippen LogP contribution in [0.5, 0.6) is 11.5 Å². The number of hydrogen-bond donors (Lipinski definition) is 0. The van der Waals surface area contributed by atoms with E-state index in [1.54, 1.807) is 19.2 Å². The number of benzene rings is 1. The van der Waals surface area contributed by atoms with Gasteiger partial charge in [0.25, 0.3) is 11.8 Å². The zero-order chi connectivity index (χ0) is 13.3. The van der Waals surface area contributed by atoms with Crippen molar-refractivity contribution in [3.8, 4) is 11.5 Å². The molecule has 0 fully saturated rings. The van der Waals surface area contributed by atoms with Crippen molar-refractivity contribution in [1.29, 1.82) is 0 Å². The molecule has 0 bridgehead atoms. The standard InChI is InChI=1S/C12H11N2O4/c1-14-9-5-11(18-3)10(17-2)4-7(9)13-8(6-15)12(14)16/h4-5H,1-3H3.